The average molecular weight is 295 g/mol. The van der Waals surface area contributed by atoms with E-state index in [0.717, 1.165) is 25.3 Å². The molecule has 0 spiro atoms. The second-order valence-corrected chi connectivity index (χ2v) is 6.16. The van der Waals surface area contributed by atoms with Crippen molar-refractivity contribution in [3.05, 3.63) is 17.9 Å². The summed E-state index contributed by atoms with van der Waals surface area (Å²) in [6.45, 7) is 6.88. The highest BCUT2D eigenvalue weighted by Crippen LogP contribution is 2.29. The fourth-order valence-electron chi connectivity index (χ4n) is 2.59. The lowest BCUT2D eigenvalue weighted by Crippen LogP contribution is -2.33. The van der Waals surface area contributed by atoms with Crippen LogP contribution < -0.4 is 15.8 Å². The number of hydrogen-bond donors (Lipinski definition) is 2. The molecule has 2 rings (SSSR count). The molecule has 0 amide bonds. The van der Waals surface area contributed by atoms with E-state index in [1.54, 1.807) is 6.07 Å². The Morgan fingerprint density at radius 2 is 2.05 bits per heavy atom. The number of halogens is 1. The average Bonchev–Trinajstić information content (AvgIpc) is 2.42. The van der Waals surface area contributed by atoms with Crippen molar-refractivity contribution in [1.82, 2.24) is 4.90 Å². The first-order valence-corrected chi connectivity index (χ1v) is 7.63. The van der Waals surface area contributed by atoms with Crippen LogP contribution >= 0.6 is 0 Å². The van der Waals surface area contributed by atoms with Crippen LogP contribution in [0.3, 0.4) is 0 Å². The number of benzene rings is 1. The summed E-state index contributed by atoms with van der Waals surface area (Å²) in [5.74, 6) is 0.483. The number of nitrogen functional groups attached to an aromatic ring is 1. The van der Waals surface area contributed by atoms with Crippen molar-refractivity contribution in [3.8, 4) is 5.75 Å². The van der Waals surface area contributed by atoms with Crippen LogP contribution in [0.4, 0.5) is 15.8 Å². The molecule has 4 nitrogen and oxygen atoms in total. The molecule has 1 aliphatic heterocycles. The minimum absolute atomic E-state index is 0.0649. The third-order valence-corrected chi connectivity index (χ3v) is 3.89. The standard InChI is InChI=1S/C16H26FN3O/c1-11(2)21-16-9-15(14(18)8-13(16)17)19-10-12-4-6-20(3)7-5-12/h8-9,11-12,19H,4-7,10,18H2,1-3H3. The summed E-state index contributed by atoms with van der Waals surface area (Å²) in [6, 6.07) is 2.99. The normalized spacial score (nSPS) is 17.2. The molecule has 1 aromatic carbocycles. The number of likely N-dealkylation sites (tertiary alicyclic amines) is 1. The molecule has 3 N–H and O–H groups in total. The van der Waals surface area contributed by atoms with Gasteiger partial charge in [-0.05, 0) is 52.7 Å². The van der Waals surface area contributed by atoms with Gasteiger partial charge in [-0.1, -0.05) is 0 Å². The predicted octanol–water partition coefficient (Wildman–Crippen LogP) is 2.95. The van der Waals surface area contributed by atoms with E-state index in [1.807, 2.05) is 13.8 Å². The highest BCUT2D eigenvalue weighted by atomic mass is 19.1. The number of nitrogens with zero attached hydrogens (tertiary/aromatic N) is 1. The van der Waals surface area contributed by atoms with Gasteiger partial charge in [-0.2, -0.15) is 0 Å². The van der Waals surface area contributed by atoms with Crippen molar-refractivity contribution in [3.63, 3.8) is 0 Å². The van der Waals surface area contributed by atoms with E-state index in [1.165, 1.54) is 18.9 Å². The number of nitrogens with two attached hydrogens (primary N) is 1. The Bertz CT molecular complexity index is 471. The van der Waals surface area contributed by atoms with E-state index in [4.69, 9.17) is 10.5 Å². The Morgan fingerprint density at radius 1 is 1.38 bits per heavy atom. The second kappa shape index (κ2) is 6.98. The molecule has 21 heavy (non-hydrogen) atoms. The number of hydrogen-bond acceptors (Lipinski definition) is 4. The van der Waals surface area contributed by atoms with Crippen LogP contribution in [-0.2, 0) is 0 Å². The fourth-order valence-corrected chi connectivity index (χ4v) is 2.59. The summed E-state index contributed by atoms with van der Waals surface area (Å²) in [4.78, 5) is 2.34. The molecular weight excluding hydrogens is 269 g/mol. The van der Waals surface area contributed by atoms with Gasteiger partial charge < -0.3 is 20.7 Å². The second-order valence-electron chi connectivity index (χ2n) is 6.16. The van der Waals surface area contributed by atoms with Crippen LogP contribution in [0.15, 0.2) is 12.1 Å². The number of ether oxygens (including phenoxy) is 1. The lowest BCUT2D eigenvalue weighted by atomic mass is 9.97. The number of anilines is 2. The van der Waals surface area contributed by atoms with Crippen LogP contribution in [0.1, 0.15) is 26.7 Å². The summed E-state index contributed by atoms with van der Waals surface area (Å²) in [6.07, 6.45) is 2.30. The molecule has 1 fully saturated rings. The summed E-state index contributed by atoms with van der Waals surface area (Å²) < 4.78 is 19.3. The quantitative estimate of drug-likeness (QED) is 0.820. The third-order valence-electron chi connectivity index (χ3n) is 3.89. The lowest BCUT2D eigenvalue weighted by Gasteiger charge is -2.29. The van der Waals surface area contributed by atoms with Gasteiger partial charge in [0.1, 0.15) is 0 Å². The maximum absolute atomic E-state index is 13.8. The summed E-state index contributed by atoms with van der Waals surface area (Å²) >= 11 is 0. The molecule has 0 saturated carbocycles. The Balaban J connectivity index is 1.98. The molecule has 0 atom stereocenters. The van der Waals surface area contributed by atoms with E-state index in [0.29, 0.717) is 11.6 Å². The smallest absolute Gasteiger partial charge is 0.167 e. The monoisotopic (exact) mass is 295 g/mol. The van der Waals surface area contributed by atoms with Crippen molar-refractivity contribution >= 4 is 11.4 Å². The van der Waals surface area contributed by atoms with Crippen molar-refractivity contribution in [2.75, 3.05) is 37.7 Å². The first-order chi connectivity index (χ1) is 9.95. The van der Waals surface area contributed by atoms with Crippen LogP contribution in [-0.4, -0.2) is 37.7 Å². The van der Waals surface area contributed by atoms with Crippen molar-refractivity contribution in [2.45, 2.75) is 32.8 Å². The largest absolute Gasteiger partial charge is 0.488 e. The zero-order valence-corrected chi connectivity index (χ0v) is 13.2. The molecule has 0 aliphatic carbocycles. The zero-order valence-electron chi connectivity index (χ0n) is 13.2. The third kappa shape index (κ3) is 4.49. The van der Waals surface area contributed by atoms with Crippen LogP contribution in [0.2, 0.25) is 0 Å². The van der Waals surface area contributed by atoms with E-state index >= 15 is 0 Å². The number of nitrogens with one attached hydrogen (secondary N) is 1. The van der Waals surface area contributed by atoms with Gasteiger partial charge >= 0.3 is 0 Å². The predicted molar refractivity (Wildman–Crippen MR) is 85.3 cm³/mol. The van der Waals surface area contributed by atoms with E-state index in [2.05, 4.69) is 17.3 Å². The maximum Gasteiger partial charge on any atom is 0.167 e. The molecule has 0 bridgehead atoms. The first-order valence-electron chi connectivity index (χ1n) is 7.63. The molecule has 1 saturated heterocycles. The van der Waals surface area contributed by atoms with Gasteiger partial charge in [0.2, 0.25) is 0 Å². The molecule has 0 aromatic heterocycles. The van der Waals surface area contributed by atoms with E-state index < -0.39 is 5.82 Å². The molecule has 118 valence electrons. The molecule has 0 radical (unpaired) electrons. The zero-order chi connectivity index (χ0) is 15.4. The van der Waals surface area contributed by atoms with Gasteiger partial charge in [-0.15, -0.1) is 0 Å². The fraction of sp³-hybridized carbons (Fsp3) is 0.625. The summed E-state index contributed by atoms with van der Waals surface area (Å²) in [5, 5.41) is 3.35. The van der Waals surface area contributed by atoms with Crippen LogP contribution in [0.25, 0.3) is 0 Å². The van der Waals surface area contributed by atoms with Gasteiger partial charge in [0.05, 0.1) is 17.5 Å². The van der Waals surface area contributed by atoms with Gasteiger partial charge in [0, 0.05) is 18.7 Å². The Hall–Kier alpha value is -1.49. The minimum atomic E-state index is -0.411. The molecule has 1 aliphatic rings. The minimum Gasteiger partial charge on any atom is -0.488 e. The van der Waals surface area contributed by atoms with Crippen LogP contribution in [0, 0.1) is 11.7 Å². The van der Waals surface area contributed by atoms with Gasteiger partial charge in [0.25, 0.3) is 0 Å². The summed E-state index contributed by atoms with van der Waals surface area (Å²) in [7, 11) is 2.15. The van der Waals surface area contributed by atoms with Crippen molar-refractivity contribution < 1.29 is 9.13 Å². The van der Waals surface area contributed by atoms with E-state index in [9.17, 15) is 4.39 Å². The lowest BCUT2D eigenvalue weighted by molar-refractivity contribution is 0.226. The SMILES string of the molecule is CC(C)Oc1cc(NCC2CCN(C)CC2)c(N)cc1F. The first kappa shape index (κ1) is 15.9. The van der Waals surface area contributed by atoms with Crippen LogP contribution in [0.5, 0.6) is 5.75 Å². The molecule has 1 aromatic rings. The van der Waals surface area contributed by atoms with Gasteiger partial charge in [0.15, 0.2) is 11.6 Å². The van der Waals surface area contributed by atoms with Crippen molar-refractivity contribution in [2.24, 2.45) is 5.92 Å². The Morgan fingerprint density at radius 3 is 2.67 bits per heavy atom. The number of piperidine rings is 1. The maximum atomic E-state index is 13.8. The number of rotatable bonds is 5. The molecular formula is C16H26FN3O. The summed E-state index contributed by atoms with van der Waals surface area (Å²) in [5.41, 5.74) is 7.08. The Kier molecular flexibility index (Phi) is 5.28. The topological polar surface area (TPSA) is 50.5 Å². The highest BCUT2D eigenvalue weighted by Gasteiger charge is 2.17. The van der Waals surface area contributed by atoms with Gasteiger partial charge in [-0.25, -0.2) is 4.39 Å². The van der Waals surface area contributed by atoms with Gasteiger partial charge in [-0.3, -0.25) is 0 Å². The van der Waals surface area contributed by atoms with E-state index in [-0.39, 0.29) is 11.9 Å². The molecule has 1 heterocycles. The highest BCUT2D eigenvalue weighted by molar-refractivity contribution is 5.68. The van der Waals surface area contributed by atoms with Crippen molar-refractivity contribution in [1.29, 1.82) is 0 Å². The molecule has 0 unspecified atom stereocenters. The Labute approximate surface area is 126 Å². The molecule has 5 heteroatoms.